The Labute approximate surface area is 104 Å². The van der Waals surface area contributed by atoms with E-state index in [0.717, 1.165) is 42.1 Å². The molecule has 0 saturated carbocycles. The first-order valence-electron chi connectivity index (χ1n) is 4.54. The van der Waals surface area contributed by atoms with Crippen LogP contribution in [0.25, 0.3) is 10.8 Å². The third-order valence-electron chi connectivity index (χ3n) is 2.18. The number of nitrogens with zero attached hydrogens (tertiary/aromatic N) is 1. The molecule has 0 N–H and O–H groups in total. The Bertz CT molecular complexity index is 529. The summed E-state index contributed by atoms with van der Waals surface area (Å²) < 4.78 is 1.89. The molecule has 0 aliphatic rings. The molecule has 1 aromatic heterocycles. The van der Waals surface area contributed by atoms with Crippen molar-refractivity contribution in [2.45, 2.75) is 0 Å². The number of allylic oxidation sites excluding steroid dienone is 1. The summed E-state index contributed by atoms with van der Waals surface area (Å²) in [6, 6.07) is 7.58. The van der Waals surface area contributed by atoms with Gasteiger partial charge in [0.2, 0.25) is 0 Å². The summed E-state index contributed by atoms with van der Waals surface area (Å²) in [5.41, 5.74) is 0.752. The number of carbonyl (C=O) groups excluding carboxylic acids is 1. The van der Waals surface area contributed by atoms with Gasteiger partial charge >= 0.3 is 104 Å². The van der Waals surface area contributed by atoms with E-state index in [1.54, 1.807) is 18.5 Å². The standard InChI is InChI=1S/C12H8NO.Pb/c1-2-12(14)11-5-3-4-9-8-13-7-6-10(9)11;/h1-8H;. The first kappa shape index (κ1) is 10.5. The van der Waals surface area contributed by atoms with Gasteiger partial charge in [0.05, 0.1) is 0 Å². The summed E-state index contributed by atoms with van der Waals surface area (Å²) in [6.45, 7) is 0. The van der Waals surface area contributed by atoms with E-state index in [-0.39, 0.29) is 5.78 Å². The number of ketones is 1. The number of pyridine rings is 1. The molecule has 0 amide bonds. The van der Waals surface area contributed by atoms with Crippen LogP contribution >= 0.6 is 0 Å². The summed E-state index contributed by atoms with van der Waals surface area (Å²) in [4.78, 5) is 15.8. The SMILES string of the molecule is O=C(/C=[CH]/[Pb])c1cccc2cnccc12. The fraction of sp³-hybridized carbons (Fsp3) is 0. The summed E-state index contributed by atoms with van der Waals surface area (Å²) in [7, 11) is 0. The first-order chi connectivity index (χ1) is 7.33. The van der Waals surface area contributed by atoms with Gasteiger partial charge < -0.3 is 0 Å². The van der Waals surface area contributed by atoms with Crippen LogP contribution in [0.1, 0.15) is 10.4 Å². The zero-order chi connectivity index (χ0) is 10.7. The third kappa shape index (κ3) is 2.14. The molecule has 2 aromatic rings. The van der Waals surface area contributed by atoms with E-state index in [1.807, 2.05) is 27.9 Å². The Morgan fingerprint density at radius 3 is 3.00 bits per heavy atom. The zero-order valence-corrected chi connectivity index (χ0v) is 11.9. The van der Waals surface area contributed by atoms with Gasteiger partial charge in [-0.1, -0.05) is 0 Å². The molecule has 2 rings (SSSR count). The van der Waals surface area contributed by atoms with Crippen molar-refractivity contribution in [3.05, 3.63) is 51.9 Å². The summed E-state index contributed by atoms with van der Waals surface area (Å²) in [5, 5.41) is 1.97. The third-order valence-corrected chi connectivity index (χ3v) is 2.83. The molecule has 15 heavy (non-hydrogen) atoms. The topological polar surface area (TPSA) is 30.0 Å². The van der Waals surface area contributed by atoms with Crippen molar-refractivity contribution < 1.29 is 4.79 Å². The van der Waals surface area contributed by atoms with Crippen LogP contribution in [0.5, 0.6) is 0 Å². The molecule has 1 aromatic carbocycles. The number of carbonyl (C=O) groups is 1. The maximum atomic E-state index is 11.8. The van der Waals surface area contributed by atoms with Gasteiger partial charge in [-0.05, 0) is 0 Å². The zero-order valence-electron chi connectivity index (χ0n) is 7.97. The summed E-state index contributed by atoms with van der Waals surface area (Å²) in [6.07, 6.45) is 5.13. The minimum atomic E-state index is 0.0711. The fourth-order valence-corrected chi connectivity index (χ4v) is 2.09. The summed E-state index contributed by atoms with van der Waals surface area (Å²) >= 11 is 0.905. The van der Waals surface area contributed by atoms with Crippen LogP contribution in [-0.4, -0.2) is 36.5 Å². The molecule has 0 atom stereocenters. The molecule has 2 nitrogen and oxygen atoms in total. The number of benzene rings is 1. The molecule has 0 fully saturated rings. The number of fused-ring (bicyclic) bond motifs is 1. The van der Waals surface area contributed by atoms with Crippen molar-refractivity contribution in [2.24, 2.45) is 0 Å². The predicted molar refractivity (Wildman–Crippen MR) is 61.0 cm³/mol. The van der Waals surface area contributed by atoms with Crippen LogP contribution in [-0.2, 0) is 0 Å². The Morgan fingerprint density at radius 2 is 2.20 bits per heavy atom. The first-order valence-corrected chi connectivity index (χ1v) is 6.78. The van der Waals surface area contributed by atoms with E-state index in [1.165, 1.54) is 0 Å². The maximum absolute atomic E-state index is 11.8. The van der Waals surface area contributed by atoms with Crippen LogP contribution < -0.4 is 0 Å². The van der Waals surface area contributed by atoms with E-state index in [9.17, 15) is 4.79 Å². The van der Waals surface area contributed by atoms with Gasteiger partial charge in [0, 0.05) is 0 Å². The quantitative estimate of drug-likeness (QED) is 0.447. The van der Waals surface area contributed by atoms with E-state index in [4.69, 9.17) is 0 Å². The van der Waals surface area contributed by atoms with Crippen LogP contribution in [0.4, 0.5) is 0 Å². The second kappa shape index (κ2) is 4.65. The van der Waals surface area contributed by atoms with Crippen LogP contribution in [0.15, 0.2) is 46.4 Å². The van der Waals surface area contributed by atoms with Crippen molar-refractivity contribution >= 4 is 42.3 Å². The summed E-state index contributed by atoms with van der Waals surface area (Å²) in [5.74, 6) is 0.0711. The Hall–Kier alpha value is -1.04. The fourth-order valence-electron chi connectivity index (χ4n) is 1.50. The van der Waals surface area contributed by atoms with Gasteiger partial charge in [-0.25, -0.2) is 0 Å². The molecule has 0 bridgehead atoms. The van der Waals surface area contributed by atoms with Crippen molar-refractivity contribution in [1.82, 2.24) is 4.98 Å². The second-order valence-electron chi connectivity index (χ2n) is 3.10. The van der Waals surface area contributed by atoms with Crippen molar-refractivity contribution in [3.8, 4) is 0 Å². The van der Waals surface area contributed by atoms with Gasteiger partial charge in [-0.2, -0.15) is 0 Å². The normalized spacial score (nSPS) is 11.0. The van der Waals surface area contributed by atoms with Gasteiger partial charge in [0.25, 0.3) is 0 Å². The number of aromatic nitrogens is 1. The predicted octanol–water partition coefficient (Wildman–Crippen LogP) is 2.10. The molecule has 71 valence electrons. The van der Waals surface area contributed by atoms with E-state index >= 15 is 0 Å². The number of hydrogen-bond acceptors (Lipinski definition) is 2. The van der Waals surface area contributed by atoms with Crippen molar-refractivity contribution in [2.75, 3.05) is 0 Å². The van der Waals surface area contributed by atoms with Gasteiger partial charge in [-0.15, -0.1) is 0 Å². The van der Waals surface area contributed by atoms with Gasteiger partial charge in [-0.3, -0.25) is 0 Å². The molecule has 3 radical (unpaired) electrons. The number of rotatable bonds is 2. The van der Waals surface area contributed by atoms with Crippen LogP contribution in [0, 0.1) is 0 Å². The van der Waals surface area contributed by atoms with Crippen LogP contribution in [0.3, 0.4) is 0 Å². The van der Waals surface area contributed by atoms with Crippen LogP contribution in [0.2, 0.25) is 0 Å². The molecule has 3 heteroatoms. The van der Waals surface area contributed by atoms with E-state index < -0.39 is 0 Å². The molecule has 0 saturated heterocycles. The molecule has 0 aliphatic carbocycles. The van der Waals surface area contributed by atoms with Crippen molar-refractivity contribution in [3.63, 3.8) is 0 Å². The Kier molecular flexibility index (Phi) is 3.25. The van der Waals surface area contributed by atoms with Gasteiger partial charge in [0.1, 0.15) is 0 Å². The molecule has 0 aliphatic heterocycles. The monoisotopic (exact) mass is 390 g/mol. The molecule has 0 unspecified atom stereocenters. The molecule has 1 heterocycles. The van der Waals surface area contributed by atoms with Gasteiger partial charge in [0.15, 0.2) is 0 Å². The molecular weight excluding hydrogens is 381 g/mol. The van der Waals surface area contributed by atoms with E-state index in [2.05, 4.69) is 4.98 Å². The van der Waals surface area contributed by atoms with Crippen molar-refractivity contribution in [1.29, 1.82) is 0 Å². The minimum absolute atomic E-state index is 0.0711. The molecule has 0 spiro atoms. The number of hydrogen-bond donors (Lipinski definition) is 0. The molecular formula is C12H8NOPb. The Morgan fingerprint density at radius 1 is 1.33 bits per heavy atom. The average molecular weight is 389 g/mol. The van der Waals surface area contributed by atoms with E-state index in [0.29, 0.717) is 0 Å². The average Bonchev–Trinajstić information content (AvgIpc) is 2.28. The second-order valence-corrected chi connectivity index (χ2v) is 4.40. The Balaban J connectivity index is 2.65.